The van der Waals surface area contributed by atoms with Gasteiger partial charge >= 0.3 is 0 Å². The Kier molecular flexibility index (Phi) is 272. The molecule has 0 saturated carbocycles. The van der Waals surface area contributed by atoms with Crippen LogP contribution in [0, 0.1) is 34.6 Å². The number of rotatable bonds is 0. The van der Waals surface area contributed by atoms with Crippen molar-refractivity contribution in [3.63, 3.8) is 0 Å². The van der Waals surface area contributed by atoms with Gasteiger partial charge in [-0.05, 0) is 0 Å². The molecule has 0 amide bonds. The van der Waals surface area contributed by atoms with Crippen molar-refractivity contribution in [2.75, 3.05) is 0 Å². The molecule has 1 rings (SSSR count). The van der Waals surface area contributed by atoms with E-state index in [9.17, 15) is 0 Å². The second kappa shape index (κ2) is 121. The van der Waals surface area contributed by atoms with Crippen molar-refractivity contribution in [2.45, 2.75) is 34.6 Å². The van der Waals surface area contributed by atoms with Crippen LogP contribution in [0.15, 0.2) is 30.3 Å². The van der Waals surface area contributed by atoms with Crippen LogP contribution in [-0.2, 0) is 17.1 Å². The van der Waals surface area contributed by atoms with Gasteiger partial charge in [-0.2, -0.15) is 52.8 Å². The number of hydrogen-bond donors (Lipinski definition) is 0. The average Bonchev–Trinajstić information content (AvgIpc) is 3.00. The van der Waals surface area contributed by atoms with E-state index in [1.54, 1.807) is 34.6 Å². The van der Waals surface area contributed by atoms with Crippen LogP contribution >= 0.6 is 0 Å². The van der Waals surface area contributed by atoms with Gasteiger partial charge in [0.1, 0.15) is 0 Å². The fraction of sp³-hybridized carbons (Fsp3) is 0.333. The van der Waals surface area contributed by atoms with Crippen LogP contribution in [0.5, 0.6) is 0 Å². The third-order valence-corrected chi connectivity index (χ3v) is 0.556. The van der Waals surface area contributed by atoms with Crippen molar-refractivity contribution in [2.24, 2.45) is 0 Å². The zero-order valence-corrected chi connectivity index (χ0v) is 13.0. The molecule has 0 nitrogen and oxygen atoms in total. The minimum Gasteiger partial charge on any atom is -0.346 e. The molecule has 0 aliphatic carbocycles. The van der Waals surface area contributed by atoms with Gasteiger partial charge in [-0.1, -0.05) is 0 Å². The fourth-order valence-electron chi connectivity index (χ4n) is 0.321. The molecule has 1 aromatic rings. The summed E-state index contributed by atoms with van der Waals surface area (Å²) >= 11 is 0. The summed E-state index contributed by atoms with van der Waals surface area (Å²) in [6.07, 6.45) is 0. The molecule has 0 aliphatic rings. The van der Waals surface area contributed by atoms with Crippen molar-refractivity contribution in [3.05, 3.63) is 65.0 Å². The Balaban J connectivity index is -0.0000000203. The molecule has 0 saturated heterocycles. The van der Waals surface area contributed by atoms with Gasteiger partial charge in [0, 0.05) is 17.1 Å². The van der Waals surface area contributed by atoms with Crippen molar-refractivity contribution >= 4 is 0 Å². The van der Waals surface area contributed by atoms with Crippen LogP contribution < -0.4 is 0 Å². The largest absolute Gasteiger partial charge is 0.346 e. The second-order valence-corrected chi connectivity index (χ2v) is 0.962. The van der Waals surface area contributed by atoms with Crippen LogP contribution in [-0.4, -0.2) is 0 Å². The molecule has 103 valence electrons. The Morgan fingerprint density at radius 3 is 0.812 bits per heavy atom. The normalized spacial score (nSPS) is 4.38. The van der Waals surface area contributed by atoms with Crippen molar-refractivity contribution < 1.29 is 17.1 Å². The van der Waals surface area contributed by atoms with E-state index < -0.39 is 0 Å². The molecule has 0 bridgehead atoms. The summed E-state index contributed by atoms with van der Waals surface area (Å²) in [7, 11) is 0. The third kappa shape index (κ3) is 96.9. The molecule has 1 radical (unpaired) electrons. The maximum Gasteiger partial charge on any atom is 0 e. The SMILES string of the molecule is [CH2-]C.[CH2-]C.[CH2-]C.[CH2-]C.[CH2-]C.[Mn].c1cc[cH-]c1. The molecule has 0 aliphatic heterocycles. The first kappa shape index (κ1) is 36.0. The van der Waals surface area contributed by atoms with Crippen molar-refractivity contribution in [1.82, 2.24) is 0 Å². The van der Waals surface area contributed by atoms with Gasteiger partial charge in [-0.3, -0.25) is 0 Å². The van der Waals surface area contributed by atoms with Crippen LogP contribution in [0.1, 0.15) is 34.6 Å². The summed E-state index contributed by atoms with van der Waals surface area (Å²) in [6.45, 7) is 25.0. The van der Waals surface area contributed by atoms with Gasteiger partial charge in [0.05, 0.1) is 0 Å². The number of hydrogen-bond acceptors (Lipinski definition) is 0. The van der Waals surface area contributed by atoms with E-state index in [0.29, 0.717) is 0 Å². The van der Waals surface area contributed by atoms with E-state index in [2.05, 4.69) is 34.6 Å². The second-order valence-electron chi connectivity index (χ2n) is 0.962. The zero-order valence-electron chi connectivity index (χ0n) is 11.8. The molecule has 0 fully saturated rings. The Morgan fingerprint density at radius 1 is 0.562 bits per heavy atom. The van der Waals surface area contributed by atoms with Crippen LogP contribution in [0.3, 0.4) is 0 Å². The van der Waals surface area contributed by atoms with Gasteiger partial charge < -0.3 is 34.6 Å². The average molecular weight is 265 g/mol. The minimum atomic E-state index is 0. The van der Waals surface area contributed by atoms with Crippen molar-refractivity contribution in [1.29, 1.82) is 0 Å². The first-order valence-electron chi connectivity index (χ1n) is 5.20. The van der Waals surface area contributed by atoms with E-state index >= 15 is 0 Å². The molecule has 16 heavy (non-hydrogen) atoms. The Labute approximate surface area is 117 Å². The van der Waals surface area contributed by atoms with Gasteiger partial charge in [-0.15, -0.1) is 0 Å². The first-order valence-corrected chi connectivity index (χ1v) is 5.20. The van der Waals surface area contributed by atoms with E-state index in [1.807, 2.05) is 30.3 Å². The maximum absolute atomic E-state index is 3.25. The molecule has 0 spiro atoms. The zero-order chi connectivity index (χ0) is 13.5. The summed E-state index contributed by atoms with van der Waals surface area (Å²) in [5.74, 6) is 0. The summed E-state index contributed by atoms with van der Waals surface area (Å²) in [4.78, 5) is 0. The Bertz CT molecular complexity index is 61.9. The maximum atomic E-state index is 3.25. The third-order valence-electron chi connectivity index (χ3n) is 0.556. The quantitative estimate of drug-likeness (QED) is 0.423. The van der Waals surface area contributed by atoms with E-state index in [1.165, 1.54) is 0 Å². The molecule has 0 unspecified atom stereocenters. The summed E-state index contributed by atoms with van der Waals surface area (Å²) in [6, 6.07) is 10.0. The molecular formula is C15H30Mn-6. The van der Waals surface area contributed by atoms with E-state index in [4.69, 9.17) is 0 Å². The van der Waals surface area contributed by atoms with Gasteiger partial charge in [0.2, 0.25) is 0 Å². The predicted molar refractivity (Wildman–Crippen MR) is 77.2 cm³/mol. The topological polar surface area (TPSA) is 0 Å². The molecular weight excluding hydrogens is 235 g/mol. The standard InChI is InChI=1S/C5H5.5C2H5.Mn/c1-2-4-5-3-1;5*1-2;/h1-5H;5*1H2,2H3;/q6*-1;. The first-order chi connectivity index (χ1) is 7.50. The van der Waals surface area contributed by atoms with E-state index in [0.717, 1.165) is 0 Å². The Hall–Kier alpha value is -0.131. The van der Waals surface area contributed by atoms with E-state index in [-0.39, 0.29) is 17.1 Å². The molecule has 0 atom stereocenters. The van der Waals surface area contributed by atoms with Crippen LogP contribution in [0.2, 0.25) is 0 Å². The van der Waals surface area contributed by atoms with Crippen molar-refractivity contribution in [3.8, 4) is 0 Å². The summed E-state index contributed by atoms with van der Waals surface area (Å²) in [5, 5.41) is 0. The molecule has 0 N–H and O–H groups in total. The summed E-state index contributed by atoms with van der Waals surface area (Å²) < 4.78 is 0. The van der Waals surface area contributed by atoms with Crippen LogP contribution in [0.4, 0.5) is 0 Å². The van der Waals surface area contributed by atoms with Gasteiger partial charge in [0.25, 0.3) is 0 Å². The molecule has 1 aromatic carbocycles. The minimum absolute atomic E-state index is 0. The monoisotopic (exact) mass is 265 g/mol. The molecule has 0 heterocycles. The Morgan fingerprint density at radius 2 is 0.750 bits per heavy atom. The summed E-state index contributed by atoms with van der Waals surface area (Å²) in [5.41, 5.74) is 0. The fourth-order valence-corrected chi connectivity index (χ4v) is 0.321. The van der Waals surface area contributed by atoms with Gasteiger partial charge in [-0.25, -0.2) is 12.1 Å². The smallest absolute Gasteiger partial charge is 0 e. The predicted octanol–water partition coefficient (Wildman–Crippen LogP) is 5.60. The molecule has 1 heteroatoms. The van der Waals surface area contributed by atoms with Gasteiger partial charge in [0.15, 0.2) is 0 Å². The van der Waals surface area contributed by atoms with Crippen LogP contribution in [0.25, 0.3) is 0 Å². The molecule has 0 aromatic heterocycles.